The number of rotatable bonds is 4. The highest BCUT2D eigenvalue weighted by molar-refractivity contribution is 7.09. The summed E-state index contributed by atoms with van der Waals surface area (Å²) in [6, 6.07) is 0. The Morgan fingerprint density at radius 3 is 2.64 bits per heavy atom. The summed E-state index contributed by atoms with van der Waals surface area (Å²) in [7, 11) is 1.88. The number of anilines is 1. The minimum Gasteiger partial charge on any atom is -0.377 e. The lowest BCUT2D eigenvalue weighted by Gasteiger charge is -2.41. The first kappa shape index (κ1) is 21.3. The monoisotopic (exact) mass is 408 g/mol. The Balaban J connectivity index is 1.52. The number of aromatic nitrogens is 2. The van der Waals surface area contributed by atoms with E-state index in [0.29, 0.717) is 12.0 Å². The third-order valence-electron chi connectivity index (χ3n) is 5.66. The molecule has 2 atom stereocenters. The molecule has 2 aliphatic heterocycles. The van der Waals surface area contributed by atoms with Crippen LogP contribution >= 0.6 is 11.5 Å². The van der Waals surface area contributed by atoms with E-state index in [9.17, 15) is 0 Å². The topological polar surface area (TPSA) is 65.9 Å². The van der Waals surface area contributed by atoms with Crippen LogP contribution in [-0.4, -0.2) is 72.7 Å². The molecule has 8 heteroatoms. The van der Waals surface area contributed by atoms with Gasteiger partial charge in [-0.3, -0.25) is 4.99 Å². The first-order chi connectivity index (χ1) is 13.4. The molecule has 2 unspecified atom stereocenters. The molecule has 1 N–H and O–H groups in total. The van der Waals surface area contributed by atoms with Gasteiger partial charge in [0.1, 0.15) is 5.82 Å². The minimum atomic E-state index is 0.168. The van der Waals surface area contributed by atoms with Crippen LogP contribution in [-0.2, 0) is 11.2 Å². The van der Waals surface area contributed by atoms with Gasteiger partial charge in [0.2, 0.25) is 5.13 Å². The van der Waals surface area contributed by atoms with Gasteiger partial charge in [-0.2, -0.15) is 4.37 Å². The first-order valence-corrected chi connectivity index (χ1v) is 11.3. The van der Waals surface area contributed by atoms with Gasteiger partial charge >= 0.3 is 0 Å². The van der Waals surface area contributed by atoms with Crippen LogP contribution in [0, 0.1) is 11.3 Å². The van der Waals surface area contributed by atoms with Gasteiger partial charge < -0.3 is 19.9 Å². The zero-order chi connectivity index (χ0) is 20.1. The molecule has 0 aromatic carbocycles. The van der Waals surface area contributed by atoms with E-state index in [-0.39, 0.29) is 5.41 Å². The van der Waals surface area contributed by atoms with E-state index in [1.807, 2.05) is 7.05 Å². The lowest BCUT2D eigenvalue weighted by atomic mass is 9.78. The number of hydrogen-bond donors (Lipinski definition) is 1. The second-order valence-electron chi connectivity index (χ2n) is 8.81. The van der Waals surface area contributed by atoms with Crippen LogP contribution in [0.3, 0.4) is 0 Å². The maximum Gasteiger partial charge on any atom is 0.205 e. The van der Waals surface area contributed by atoms with Gasteiger partial charge in [0.15, 0.2) is 5.96 Å². The fourth-order valence-corrected chi connectivity index (χ4v) is 4.99. The molecular formula is C20H36N6OS. The molecule has 0 radical (unpaired) electrons. The van der Waals surface area contributed by atoms with Crippen molar-refractivity contribution in [2.75, 3.05) is 51.3 Å². The van der Waals surface area contributed by atoms with Crippen molar-refractivity contribution in [1.29, 1.82) is 0 Å². The predicted molar refractivity (Wildman–Crippen MR) is 116 cm³/mol. The zero-order valence-corrected chi connectivity index (χ0v) is 18.9. The SMILES string of the molecule is CCc1nsc(N2CCN(C(=NC)NCC3CCCOC3C(C)(C)C)CC2)n1. The van der Waals surface area contributed by atoms with Gasteiger partial charge in [0.05, 0.1) is 6.10 Å². The highest BCUT2D eigenvalue weighted by Crippen LogP contribution is 2.33. The molecule has 2 aliphatic rings. The largest absolute Gasteiger partial charge is 0.377 e. The third kappa shape index (κ3) is 5.14. The molecule has 2 fully saturated rings. The first-order valence-electron chi connectivity index (χ1n) is 10.6. The zero-order valence-electron chi connectivity index (χ0n) is 18.1. The normalized spacial score (nSPS) is 24.5. The average Bonchev–Trinajstić information content (AvgIpc) is 3.18. The van der Waals surface area contributed by atoms with Crippen molar-refractivity contribution < 1.29 is 4.74 Å². The summed E-state index contributed by atoms with van der Waals surface area (Å²) in [5.41, 5.74) is 0.168. The van der Waals surface area contributed by atoms with Crippen molar-refractivity contribution in [2.24, 2.45) is 16.3 Å². The van der Waals surface area contributed by atoms with E-state index >= 15 is 0 Å². The van der Waals surface area contributed by atoms with Gasteiger partial charge in [-0.05, 0) is 18.3 Å². The summed E-state index contributed by atoms with van der Waals surface area (Å²) >= 11 is 1.51. The van der Waals surface area contributed by atoms with E-state index < -0.39 is 0 Å². The lowest BCUT2D eigenvalue weighted by Crippen LogP contribution is -2.54. The van der Waals surface area contributed by atoms with Gasteiger partial charge in [0.25, 0.3) is 0 Å². The highest BCUT2D eigenvalue weighted by atomic mass is 32.1. The van der Waals surface area contributed by atoms with Gasteiger partial charge in [-0.15, -0.1) is 0 Å². The third-order valence-corrected chi connectivity index (χ3v) is 6.47. The molecule has 2 saturated heterocycles. The maximum absolute atomic E-state index is 6.13. The van der Waals surface area contributed by atoms with Crippen molar-refractivity contribution in [3.8, 4) is 0 Å². The molecule has 0 bridgehead atoms. The Morgan fingerprint density at radius 1 is 1.29 bits per heavy atom. The summed E-state index contributed by atoms with van der Waals surface area (Å²) in [5.74, 6) is 2.48. The molecule has 1 aromatic rings. The van der Waals surface area contributed by atoms with E-state index in [1.54, 1.807) is 0 Å². The molecule has 7 nitrogen and oxygen atoms in total. The summed E-state index contributed by atoms with van der Waals surface area (Å²) in [4.78, 5) is 13.9. The number of hydrogen-bond acceptors (Lipinski definition) is 6. The van der Waals surface area contributed by atoms with E-state index in [2.05, 4.69) is 57.2 Å². The highest BCUT2D eigenvalue weighted by Gasteiger charge is 2.35. The summed E-state index contributed by atoms with van der Waals surface area (Å²) in [5, 5.41) is 4.68. The Morgan fingerprint density at radius 2 is 2.04 bits per heavy atom. The number of guanidine groups is 1. The molecule has 0 aliphatic carbocycles. The predicted octanol–water partition coefficient (Wildman–Crippen LogP) is 2.64. The number of nitrogens with zero attached hydrogens (tertiary/aromatic N) is 5. The van der Waals surface area contributed by atoms with Crippen molar-refractivity contribution in [1.82, 2.24) is 19.6 Å². The molecular weight excluding hydrogens is 372 g/mol. The van der Waals surface area contributed by atoms with Crippen LogP contribution in [0.1, 0.15) is 46.4 Å². The summed E-state index contributed by atoms with van der Waals surface area (Å²) in [6.07, 6.45) is 3.57. The van der Waals surface area contributed by atoms with Crippen LogP contribution < -0.4 is 10.2 Å². The number of ether oxygens (including phenoxy) is 1. The van der Waals surface area contributed by atoms with Crippen molar-refractivity contribution in [3.63, 3.8) is 0 Å². The minimum absolute atomic E-state index is 0.168. The van der Waals surface area contributed by atoms with Crippen LogP contribution in [0.15, 0.2) is 4.99 Å². The van der Waals surface area contributed by atoms with Gasteiger partial charge in [-0.25, -0.2) is 4.98 Å². The van der Waals surface area contributed by atoms with Crippen molar-refractivity contribution in [2.45, 2.75) is 53.1 Å². The molecule has 28 heavy (non-hydrogen) atoms. The van der Waals surface area contributed by atoms with E-state index in [4.69, 9.17) is 4.74 Å². The molecule has 0 spiro atoms. The molecule has 0 saturated carbocycles. The van der Waals surface area contributed by atoms with E-state index in [0.717, 1.165) is 69.1 Å². The fourth-order valence-electron chi connectivity index (χ4n) is 4.19. The lowest BCUT2D eigenvalue weighted by molar-refractivity contribution is -0.0836. The quantitative estimate of drug-likeness (QED) is 0.610. The van der Waals surface area contributed by atoms with Crippen molar-refractivity contribution >= 4 is 22.6 Å². The standard InChI is InChI=1S/C20H36N6OS/c1-6-16-23-19(28-24-16)26-11-9-25(10-12-26)18(21-5)22-14-15-8-7-13-27-17(15)20(2,3)4/h15,17H,6-14H2,1-5H3,(H,21,22). The summed E-state index contributed by atoms with van der Waals surface area (Å²) in [6.45, 7) is 14.6. The van der Waals surface area contributed by atoms with Crippen LogP contribution in [0.2, 0.25) is 0 Å². The smallest absolute Gasteiger partial charge is 0.205 e. The Kier molecular flexibility index (Phi) is 7.15. The van der Waals surface area contributed by atoms with Crippen LogP contribution in [0.25, 0.3) is 0 Å². The fraction of sp³-hybridized carbons (Fsp3) is 0.850. The molecule has 3 heterocycles. The molecule has 3 rings (SSSR count). The molecule has 0 amide bonds. The Bertz CT molecular complexity index is 647. The number of piperazine rings is 1. The maximum atomic E-state index is 6.13. The van der Waals surface area contributed by atoms with Gasteiger partial charge in [-0.1, -0.05) is 27.7 Å². The Labute approximate surface area is 173 Å². The van der Waals surface area contributed by atoms with E-state index in [1.165, 1.54) is 18.0 Å². The van der Waals surface area contributed by atoms with Crippen LogP contribution in [0.5, 0.6) is 0 Å². The molecule has 1 aromatic heterocycles. The van der Waals surface area contributed by atoms with Gasteiger partial charge in [0, 0.05) is 70.2 Å². The number of aryl methyl sites for hydroxylation is 1. The van der Waals surface area contributed by atoms with Crippen molar-refractivity contribution in [3.05, 3.63) is 5.82 Å². The molecule has 158 valence electrons. The Hall–Kier alpha value is -1.41. The van der Waals surface area contributed by atoms with Crippen LogP contribution in [0.4, 0.5) is 5.13 Å². The average molecular weight is 409 g/mol. The second kappa shape index (κ2) is 9.39. The number of aliphatic imine (C=N–C) groups is 1. The summed E-state index contributed by atoms with van der Waals surface area (Å²) < 4.78 is 10.5. The number of nitrogens with one attached hydrogen (secondary N) is 1. The second-order valence-corrected chi connectivity index (χ2v) is 9.54.